The monoisotopic (exact) mass is 406 g/mol. The molecule has 4 aromatic rings. The molecule has 2 heterocycles. The Morgan fingerprint density at radius 3 is 2.33 bits per heavy atom. The molecule has 0 saturated heterocycles. The zero-order valence-corrected chi connectivity index (χ0v) is 17.2. The third-order valence-corrected chi connectivity index (χ3v) is 4.88. The highest BCUT2D eigenvalue weighted by Crippen LogP contribution is 2.30. The number of para-hydroxylation sites is 1. The Bertz CT molecular complexity index is 1240. The van der Waals surface area contributed by atoms with E-state index in [1.165, 1.54) is 9.36 Å². The van der Waals surface area contributed by atoms with Crippen LogP contribution in [0.25, 0.3) is 16.9 Å². The number of rotatable bonds is 6. The maximum absolute atomic E-state index is 12.2. The van der Waals surface area contributed by atoms with Gasteiger partial charge in [0.25, 0.3) is 0 Å². The van der Waals surface area contributed by atoms with E-state index in [-0.39, 0.29) is 12.3 Å². The molecule has 0 aliphatic heterocycles. The lowest BCUT2D eigenvalue weighted by Gasteiger charge is -2.10. The van der Waals surface area contributed by atoms with E-state index in [4.69, 9.17) is 9.47 Å². The predicted molar refractivity (Wildman–Crippen MR) is 111 cm³/mol. The standard InChI is InChI=1S/C21H22N6O3/c1-14-19(22-25(2)20(14)29-4)15-9-11-17(12-10-15)30-13-16-7-5-6-8-18(16)27-21(28)26(3)23-24-27/h5-12H,13H2,1-4H3. The SMILES string of the molecule is COc1c(C)c(-c2ccc(OCc3ccccc3-n3nnn(C)c3=O)cc2)nn1C. The molecule has 0 spiro atoms. The van der Waals surface area contributed by atoms with E-state index in [1.807, 2.05) is 62.5 Å². The van der Waals surface area contributed by atoms with Crippen molar-refractivity contribution >= 4 is 0 Å². The summed E-state index contributed by atoms with van der Waals surface area (Å²) in [5.74, 6) is 1.45. The molecule has 0 N–H and O–H groups in total. The Labute approximate surface area is 173 Å². The molecule has 0 unspecified atom stereocenters. The molecule has 0 radical (unpaired) electrons. The fourth-order valence-corrected chi connectivity index (χ4v) is 3.35. The summed E-state index contributed by atoms with van der Waals surface area (Å²) in [6.07, 6.45) is 0. The molecule has 154 valence electrons. The first-order valence-electron chi connectivity index (χ1n) is 9.37. The van der Waals surface area contributed by atoms with Gasteiger partial charge in [0.1, 0.15) is 12.4 Å². The number of ether oxygens (including phenoxy) is 2. The quantitative estimate of drug-likeness (QED) is 0.488. The average molecular weight is 406 g/mol. The van der Waals surface area contributed by atoms with Crippen molar-refractivity contribution in [3.8, 4) is 28.6 Å². The number of aryl methyl sites for hydroxylation is 2. The molecule has 4 rings (SSSR count). The maximum Gasteiger partial charge on any atom is 0.368 e. The van der Waals surface area contributed by atoms with Crippen LogP contribution in [0.4, 0.5) is 0 Å². The topological polar surface area (TPSA) is 89.0 Å². The van der Waals surface area contributed by atoms with Crippen molar-refractivity contribution < 1.29 is 9.47 Å². The van der Waals surface area contributed by atoms with E-state index in [1.54, 1.807) is 18.8 Å². The van der Waals surface area contributed by atoms with Gasteiger partial charge >= 0.3 is 5.69 Å². The molecule has 0 bridgehead atoms. The second kappa shape index (κ2) is 7.86. The molecule has 0 fully saturated rings. The lowest BCUT2D eigenvalue weighted by Crippen LogP contribution is -2.23. The summed E-state index contributed by atoms with van der Waals surface area (Å²) in [4.78, 5) is 12.2. The van der Waals surface area contributed by atoms with Crippen molar-refractivity contribution in [1.82, 2.24) is 29.6 Å². The predicted octanol–water partition coefficient (Wildman–Crippen LogP) is 2.26. The van der Waals surface area contributed by atoms with E-state index < -0.39 is 0 Å². The lowest BCUT2D eigenvalue weighted by atomic mass is 10.1. The van der Waals surface area contributed by atoms with E-state index in [0.29, 0.717) is 11.4 Å². The van der Waals surface area contributed by atoms with Gasteiger partial charge < -0.3 is 9.47 Å². The number of hydrogen-bond donors (Lipinski definition) is 0. The van der Waals surface area contributed by atoms with Crippen LogP contribution in [0.1, 0.15) is 11.1 Å². The molecule has 0 aliphatic rings. The minimum atomic E-state index is -0.312. The Balaban J connectivity index is 1.54. The molecule has 2 aromatic heterocycles. The van der Waals surface area contributed by atoms with Gasteiger partial charge in [-0.15, -0.1) is 0 Å². The molecular formula is C21H22N6O3. The largest absolute Gasteiger partial charge is 0.489 e. The summed E-state index contributed by atoms with van der Waals surface area (Å²) in [5, 5.41) is 12.2. The first-order valence-corrected chi connectivity index (χ1v) is 9.37. The van der Waals surface area contributed by atoms with Gasteiger partial charge in [0.05, 0.1) is 18.5 Å². The smallest absolute Gasteiger partial charge is 0.368 e. The average Bonchev–Trinajstić information content (AvgIpc) is 3.24. The fourth-order valence-electron chi connectivity index (χ4n) is 3.35. The Morgan fingerprint density at radius 1 is 0.967 bits per heavy atom. The third-order valence-electron chi connectivity index (χ3n) is 4.88. The van der Waals surface area contributed by atoms with Crippen LogP contribution in [0.3, 0.4) is 0 Å². The van der Waals surface area contributed by atoms with Crippen molar-refractivity contribution in [3.05, 3.63) is 70.1 Å². The summed E-state index contributed by atoms with van der Waals surface area (Å²) in [6, 6.07) is 15.2. The van der Waals surface area contributed by atoms with Crippen LogP contribution in [-0.4, -0.2) is 36.7 Å². The Morgan fingerprint density at radius 2 is 1.70 bits per heavy atom. The van der Waals surface area contributed by atoms with E-state index >= 15 is 0 Å². The summed E-state index contributed by atoms with van der Waals surface area (Å²) in [5.41, 5.74) is 3.99. The molecular weight excluding hydrogens is 384 g/mol. The number of nitrogens with zero attached hydrogens (tertiary/aromatic N) is 6. The van der Waals surface area contributed by atoms with Crippen molar-refractivity contribution in [3.63, 3.8) is 0 Å². The number of benzene rings is 2. The van der Waals surface area contributed by atoms with Crippen LogP contribution in [0.5, 0.6) is 11.6 Å². The van der Waals surface area contributed by atoms with Crippen LogP contribution in [0.2, 0.25) is 0 Å². The summed E-state index contributed by atoms with van der Waals surface area (Å²) in [6.45, 7) is 2.27. The van der Waals surface area contributed by atoms with Crippen LogP contribution < -0.4 is 15.2 Å². The molecule has 9 heteroatoms. The molecule has 0 saturated carbocycles. The van der Waals surface area contributed by atoms with Crippen molar-refractivity contribution in [2.75, 3.05) is 7.11 Å². The number of hydrogen-bond acceptors (Lipinski definition) is 6. The van der Waals surface area contributed by atoms with E-state index in [9.17, 15) is 4.79 Å². The van der Waals surface area contributed by atoms with Crippen molar-refractivity contribution in [1.29, 1.82) is 0 Å². The summed E-state index contributed by atoms with van der Waals surface area (Å²) >= 11 is 0. The Kier molecular flexibility index (Phi) is 5.09. The fraction of sp³-hybridized carbons (Fsp3) is 0.238. The molecule has 30 heavy (non-hydrogen) atoms. The van der Waals surface area contributed by atoms with Gasteiger partial charge in [-0.1, -0.05) is 18.2 Å². The molecule has 9 nitrogen and oxygen atoms in total. The van der Waals surface area contributed by atoms with Gasteiger partial charge in [-0.2, -0.15) is 14.5 Å². The second-order valence-electron chi connectivity index (χ2n) is 6.85. The van der Waals surface area contributed by atoms with Gasteiger partial charge in [0, 0.05) is 30.8 Å². The minimum Gasteiger partial charge on any atom is -0.489 e. The molecule has 0 atom stereocenters. The highest BCUT2D eigenvalue weighted by molar-refractivity contribution is 5.65. The van der Waals surface area contributed by atoms with Crippen LogP contribution in [0, 0.1) is 6.92 Å². The first-order chi connectivity index (χ1) is 14.5. The zero-order valence-electron chi connectivity index (χ0n) is 17.2. The number of tetrazole rings is 1. The van der Waals surface area contributed by atoms with Gasteiger partial charge in [-0.05, 0) is 47.7 Å². The van der Waals surface area contributed by atoms with Crippen LogP contribution >= 0.6 is 0 Å². The molecule has 0 amide bonds. The van der Waals surface area contributed by atoms with Crippen LogP contribution in [0.15, 0.2) is 53.3 Å². The maximum atomic E-state index is 12.2. The van der Waals surface area contributed by atoms with E-state index in [2.05, 4.69) is 15.5 Å². The van der Waals surface area contributed by atoms with Crippen molar-refractivity contribution in [2.45, 2.75) is 13.5 Å². The third kappa shape index (κ3) is 3.45. The minimum absolute atomic E-state index is 0.287. The highest BCUT2D eigenvalue weighted by atomic mass is 16.5. The number of aromatic nitrogens is 6. The van der Waals surface area contributed by atoms with Gasteiger partial charge in [0.15, 0.2) is 0 Å². The normalized spacial score (nSPS) is 10.9. The lowest BCUT2D eigenvalue weighted by molar-refractivity contribution is 0.305. The molecule has 2 aromatic carbocycles. The Hall–Kier alpha value is -3.88. The van der Waals surface area contributed by atoms with Gasteiger partial charge in [-0.3, -0.25) is 0 Å². The van der Waals surface area contributed by atoms with Gasteiger partial charge in [0.2, 0.25) is 5.88 Å². The van der Waals surface area contributed by atoms with E-state index in [0.717, 1.165) is 28.3 Å². The van der Waals surface area contributed by atoms with Gasteiger partial charge in [-0.25, -0.2) is 9.48 Å². The second-order valence-corrected chi connectivity index (χ2v) is 6.85. The van der Waals surface area contributed by atoms with Crippen LogP contribution in [-0.2, 0) is 20.7 Å². The first kappa shape index (κ1) is 19.4. The summed E-state index contributed by atoms with van der Waals surface area (Å²) < 4.78 is 15.5. The highest BCUT2D eigenvalue weighted by Gasteiger charge is 2.15. The summed E-state index contributed by atoms with van der Waals surface area (Å²) in [7, 11) is 5.05. The number of methoxy groups -OCH3 is 1. The molecule has 0 aliphatic carbocycles. The zero-order chi connectivity index (χ0) is 21.3. The van der Waals surface area contributed by atoms with Crippen molar-refractivity contribution in [2.24, 2.45) is 14.1 Å².